The van der Waals surface area contributed by atoms with Crippen LogP contribution in [-0.4, -0.2) is 41.0 Å². The van der Waals surface area contributed by atoms with Crippen molar-refractivity contribution in [1.82, 2.24) is 19.5 Å². The van der Waals surface area contributed by atoms with Gasteiger partial charge in [-0.15, -0.1) is 5.10 Å². The van der Waals surface area contributed by atoms with E-state index in [1.165, 1.54) is 21.3 Å². The van der Waals surface area contributed by atoms with E-state index in [0.717, 1.165) is 0 Å². The third-order valence-electron chi connectivity index (χ3n) is 4.12. The normalized spacial score (nSPS) is 12.0. The molecule has 0 saturated carbocycles. The predicted octanol–water partition coefficient (Wildman–Crippen LogP) is 3.40. The molecule has 10 heteroatoms. The van der Waals surface area contributed by atoms with Crippen molar-refractivity contribution >= 4 is 44.3 Å². The fourth-order valence-corrected chi connectivity index (χ4v) is 4.63. The zero-order chi connectivity index (χ0) is 19.6. The standard InChI is InChI=1S/C17H18Cl2N4O3S/c1-3-22(4-2)27(24,25)12-8-9-16-17(10-12)23(21-20-16)26-11-13-14(18)6-5-7-15(13)19/h5-10H,3-4,11H2,1-2H3. The Balaban J connectivity index is 1.94. The Hall–Kier alpha value is -1.87. The Bertz CT molecular complexity index is 1040. The molecule has 0 aliphatic rings. The molecule has 0 amide bonds. The van der Waals surface area contributed by atoms with E-state index in [1.54, 1.807) is 38.1 Å². The molecule has 144 valence electrons. The molecule has 7 nitrogen and oxygen atoms in total. The summed E-state index contributed by atoms with van der Waals surface area (Å²) in [5.74, 6) is 0. The maximum Gasteiger partial charge on any atom is 0.243 e. The van der Waals surface area contributed by atoms with Gasteiger partial charge in [0.05, 0.1) is 4.90 Å². The van der Waals surface area contributed by atoms with Crippen LogP contribution >= 0.6 is 23.2 Å². The van der Waals surface area contributed by atoms with Gasteiger partial charge in [0.2, 0.25) is 10.0 Å². The van der Waals surface area contributed by atoms with E-state index < -0.39 is 10.0 Å². The highest BCUT2D eigenvalue weighted by Gasteiger charge is 2.23. The van der Waals surface area contributed by atoms with Crippen molar-refractivity contribution in [2.24, 2.45) is 0 Å². The topological polar surface area (TPSA) is 77.3 Å². The molecule has 0 saturated heterocycles. The van der Waals surface area contributed by atoms with E-state index >= 15 is 0 Å². The first-order valence-corrected chi connectivity index (χ1v) is 10.5. The van der Waals surface area contributed by atoms with E-state index in [9.17, 15) is 8.42 Å². The number of fused-ring (bicyclic) bond motifs is 1. The molecule has 1 aromatic heterocycles. The van der Waals surface area contributed by atoms with Crippen LogP contribution in [-0.2, 0) is 16.6 Å². The van der Waals surface area contributed by atoms with Crippen molar-refractivity contribution in [3.05, 3.63) is 52.0 Å². The van der Waals surface area contributed by atoms with E-state index in [2.05, 4.69) is 10.3 Å². The fraction of sp³-hybridized carbons (Fsp3) is 0.294. The molecule has 1 heterocycles. The van der Waals surface area contributed by atoms with E-state index in [1.807, 2.05) is 0 Å². The number of halogens is 2. The first kappa shape index (κ1) is 19.9. The largest absolute Gasteiger partial charge is 0.390 e. The van der Waals surface area contributed by atoms with Gasteiger partial charge in [-0.1, -0.05) is 48.0 Å². The van der Waals surface area contributed by atoms with Gasteiger partial charge >= 0.3 is 0 Å². The van der Waals surface area contributed by atoms with Crippen LogP contribution < -0.4 is 4.84 Å². The zero-order valence-electron chi connectivity index (χ0n) is 14.8. The Morgan fingerprint density at radius 1 is 1.11 bits per heavy atom. The molecule has 3 aromatic rings. The lowest BCUT2D eigenvalue weighted by Crippen LogP contribution is -2.30. The van der Waals surface area contributed by atoms with Gasteiger partial charge in [0, 0.05) is 28.7 Å². The third-order valence-corrected chi connectivity index (χ3v) is 6.88. The Kier molecular flexibility index (Phi) is 5.90. The lowest BCUT2D eigenvalue weighted by atomic mass is 10.2. The highest BCUT2D eigenvalue weighted by Crippen LogP contribution is 2.25. The molecule has 0 aliphatic carbocycles. The second-order valence-corrected chi connectivity index (χ2v) is 8.43. The van der Waals surface area contributed by atoms with E-state index in [4.69, 9.17) is 28.0 Å². The molecular formula is C17H18Cl2N4O3S. The van der Waals surface area contributed by atoms with Crippen LogP contribution in [0, 0.1) is 0 Å². The lowest BCUT2D eigenvalue weighted by Gasteiger charge is -2.18. The van der Waals surface area contributed by atoms with Crippen LogP contribution in [0.4, 0.5) is 0 Å². The van der Waals surface area contributed by atoms with Gasteiger partial charge in [-0.05, 0) is 35.5 Å². The van der Waals surface area contributed by atoms with Crippen molar-refractivity contribution in [1.29, 1.82) is 0 Å². The summed E-state index contributed by atoms with van der Waals surface area (Å²) in [5.41, 5.74) is 1.56. The molecule has 0 radical (unpaired) electrons. The van der Waals surface area contributed by atoms with E-state index in [0.29, 0.717) is 39.7 Å². The number of nitrogens with zero attached hydrogens (tertiary/aromatic N) is 4. The Morgan fingerprint density at radius 2 is 1.78 bits per heavy atom. The summed E-state index contributed by atoms with van der Waals surface area (Å²) in [4.78, 5) is 6.98. The first-order chi connectivity index (χ1) is 12.9. The molecule has 0 N–H and O–H groups in total. The maximum absolute atomic E-state index is 12.7. The van der Waals surface area contributed by atoms with Crippen molar-refractivity contribution < 1.29 is 13.3 Å². The van der Waals surface area contributed by atoms with Crippen molar-refractivity contribution in [3.8, 4) is 0 Å². The Morgan fingerprint density at radius 3 is 2.41 bits per heavy atom. The number of rotatable bonds is 7. The minimum absolute atomic E-state index is 0.0595. The van der Waals surface area contributed by atoms with Crippen molar-refractivity contribution in [2.45, 2.75) is 25.3 Å². The van der Waals surface area contributed by atoms with Crippen LogP contribution in [0.3, 0.4) is 0 Å². The van der Waals surface area contributed by atoms with Gasteiger partial charge in [-0.3, -0.25) is 0 Å². The predicted molar refractivity (Wildman–Crippen MR) is 104 cm³/mol. The average Bonchev–Trinajstić information content (AvgIpc) is 3.04. The number of sulfonamides is 1. The Labute approximate surface area is 167 Å². The number of hydrogen-bond donors (Lipinski definition) is 0. The molecule has 0 atom stereocenters. The molecule has 27 heavy (non-hydrogen) atoms. The smallest absolute Gasteiger partial charge is 0.243 e. The van der Waals surface area contributed by atoms with Crippen LogP contribution in [0.25, 0.3) is 11.0 Å². The minimum atomic E-state index is -3.60. The number of hydrogen-bond acceptors (Lipinski definition) is 5. The van der Waals surface area contributed by atoms with E-state index in [-0.39, 0.29) is 11.5 Å². The van der Waals surface area contributed by atoms with Crippen LogP contribution in [0.2, 0.25) is 10.0 Å². The molecule has 2 aromatic carbocycles. The van der Waals surface area contributed by atoms with Gasteiger partial charge in [-0.25, -0.2) is 8.42 Å². The second kappa shape index (κ2) is 8.02. The zero-order valence-corrected chi connectivity index (χ0v) is 17.1. The summed E-state index contributed by atoms with van der Waals surface area (Å²) in [6.45, 7) is 4.42. The van der Waals surface area contributed by atoms with Crippen LogP contribution in [0.15, 0.2) is 41.3 Å². The monoisotopic (exact) mass is 428 g/mol. The molecule has 0 aliphatic heterocycles. The first-order valence-electron chi connectivity index (χ1n) is 8.30. The third kappa shape index (κ3) is 3.89. The summed E-state index contributed by atoms with van der Waals surface area (Å²) in [5, 5.41) is 8.86. The van der Waals surface area contributed by atoms with Gasteiger partial charge in [0.15, 0.2) is 0 Å². The van der Waals surface area contributed by atoms with Crippen LogP contribution in [0.5, 0.6) is 0 Å². The van der Waals surface area contributed by atoms with Gasteiger partial charge in [0.1, 0.15) is 17.6 Å². The lowest BCUT2D eigenvalue weighted by molar-refractivity contribution is 0.0752. The summed E-state index contributed by atoms with van der Waals surface area (Å²) in [6, 6.07) is 9.77. The van der Waals surface area contributed by atoms with Gasteiger partial charge < -0.3 is 4.84 Å². The fourth-order valence-electron chi connectivity index (χ4n) is 2.64. The number of aromatic nitrogens is 3. The molecule has 0 spiro atoms. The highest BCUT2D eigenvalue weighted by atomic mass is 35.5. The summed E-state index contributed by atoms with van der Waals surface area (Å²) in [7, 11) is -3.60. The highest BCUT2D eigenvalue weighted by molar-refractivity contribution is 7.89. The second-order valence-electron chi connectivity index (χ2n) is 5.68. The molecule has 0 unspecified atom stereocenters. The summed E-state index contributed by atoms with van der Waals surface area (Å²) < 4.78 is 26.9. The number of benzene rings is 2. The summed E-state index contributed by atoms with van der Waals surface area (Å²) >= 11 is 12.3. The van der Waals surface area contributed by atoms with Crippen molar-refractivity contribution in [3.63, 3.8) is 0 Å². The van der Waals surface area contributed by atoms with Gasteiger partial charge in [-0.2, -0.15) is 4.31 Å². The van der Waals surface area contributed by atoms with Gasteiger partial charge in [0.25, 0.3) is 0 Å². The van der Waals surface area contributed by atoms with Crippen LogP contribution in [0.1, 0.15) is 19.4 Å². The quantitative estimate of drug-likeness (QED) is 0.576. The molecule has 0 bridgehead atoms. The minimum Gasteiger partial charge on any atom is -0.390 e. The maximum atomic E-state index is 12.7. The van der Waals surface area contributed by atoms with Crippen molar-refractivity contribution in [2.75, 3.05) is 13.1 Å². The SMILES string of the molecule is CCN(CC)S(=O)(=O)c1ccc2nnn(OCc3c(Cl)cccc3Cl)c2c1. The molecule has 3 rings (SSSR count). The summed E-state index contributed by atoms with van der Waals surface area (Å²) in [6.07, 6.45) is 0. The molecule has 0 fully saturated rings. The average molecular weight is 429 g/mol. The molecular weight excluding hydrogens is 411 g/mol.